The number of nitrogens with one attached hydrogen (secondary N) is 2. The van der Waals surface area contributed by atoms with Crippen molar-refractivity contribution < 1.29 is 9.53 Å². The molecule has 0 aliphatic rings. The minimum Gasteiger partial charge on any atom is -0.444 e. The topological polar surface area (TPSA) is 63.2 Å². The van der Waals surface area contributed by atoms with Crippen LogP contribution in [0, 0.1) is 0 Å². The average molecular weight is 313 g/mol. The Bertz CT molecular complexity index is 634. The number of amides is 1. The lowest BCUT2D eigenvalue weighted by Gasteiger charge is -2.20. The van der Waals surface area contributed by atoms with Crippen molar-refractivity contribution >= 4 is 17.5 Å². The van der Waals surface area contributed by atoms with Gasteiger partial charge in [0.05, 0.1) is 11.7 Å². The van der Waals surface area contributed by atoms with Crippen LogP contribution in [0.1, 0.15) is 39.4 Å². The molecule has 1 heterocycles. The van der Waals surface area contributed by atoms with Gasteiger partial charge in [0.15, 0.2) is 0 Å². The molecule has 23 heavy (non-hydrogen) atoms. The Labute approximate surface area is 137 Å². The molecule has 0 fully saturated rings. The summed E-state index contributed by atoms with van der Waals surface area (Å²) in [7, 11) is 0. The summed E-state index contributed by atoms with van der Waals surface area (Å²) in [5, 5.41) is 6.08. The Morgan fingerprint density at radius 1 is 1.09 bits per heavy atom. The van der Waals surface area contributed by atoms with E-state index >= 15 is 0 Å². The smallest absolute Gasteiger partial charge is 0.412 e. The van der Waals surface area contributed by atoms with E-state index in [1.165, 1.54) is 0 Å². The van der Waals surface area contributed by atoms with Gasteiger partial charge in [-0.15, -0.1) is 0 Å². The molecular formula is C18H23N3O2. The van der Waals surface area contributed by atoms with E-state index in [0.717, 1.165) is 11.4 Å². The van der Waals surface area contributed by atoms with Crippen molar-refractivity contribution in [3.63, 3.8) is 0 Å². The quantitative estimate of drug-likeness (QED) is 0.865. The molecule has 0 aliphatic heterocycles. The molecular weight excluding hydrogens is 290 g/mol. The summed E-state index contributed by atoms with van der Waals surface area (Å²) < 4.78 is 5.22. The summed E-state index contributed by atoms with van der Waals surface area (Å²) in [5.74, 6) is 0. The van der Waals surface area contributed by atoms with Gasteiger partial charge >= 0.3 is 6.09 Å². The van der Waals surface area contributed by atoms with Crippen LogP contribution in [0.4, 0.5) is 16.2 Å². The van der Waals surface area contributed by atoms with Crippen LogP contribution in [0.5, 0.6) is 0 Å². The van der Waals surface area contributed by atoms with Gasteiger partial charge in [-0.2, -0.15) is 0 Å². The van der Waals surface area contributed by atoms with E-state index in [4.69, 9.17) is 4.74 Å². The van der Waals surface area contributed by atoms with Crippen molar-refractivity contribution in [3.05, 3.63) is 54.4 Å². The fourth-order valence-electron chi connectivity index (χ4n) is 2.03. The molecule has 0 radical (unpaired) electrons. The number of anilines is 2. The molecule has 1 aromatic carbocycles. The lowest BCUT2D eigenvalue weighted by Crippen LogP contribution is -2.27. The van der Waals surface area contributed by atoms with Crippen LogP contribution in [-0.4, -0.2) is 16.7 Å². The number of nitrogens with zero attached hydrogens (tertiary/aromatic N) is 1. The molecule has 0 bridgehead atoms. The van der Waals surface area contributed by atoms with E-state index in [1.54, 1.807) is 6.20 Å². The highest BCUT2D eigenvalue weighted by atomic mass is 16.6. The Morgan fingerprint density at radius 2 is 1.74 bits per heavy atom. The Hall–Kier alpha value is -2.56. The second-order valence-corrected chi connectivity index (χ2v) is 6.32. The number of pyridine rings is 1. The maximum Gasteiger partial charge on any atom is 0.412 e. The molecule has 1 unspecified atom stereocenters. The van der Waals surface area contributed by atoms with Gasteiger partial charge in [0, 0.05) is 17.6 Å². The van der Waals surface area contributed by atoms with Crippen molar-refractivity contribution in [1.29, 1.82) is 0 Å². The highest BCUT2D eigenvalue weighted by molar-refractivity contribution is 5.85. The van der Waals surface area contributed by atoms with Crippen molar-refractivity contribution in [2.24, 2.45) is 0 Å². The fraction of sp³-hybridized carbons (Fsp3) is 0.333. The summed E-state index contributed by atoms with van der Waals surface area (Å²) in [6, 6.07) is 13.4. The zero-order valence-corrected chi connectivity index (χ0v) is 14.0. The Morgan fingerprint density at radius 3 is 2.30 bits per heavy atom. The number of carbonyl (C=O) groups is 1. The van der Waals surface area contributed by atoms with Gasteiger partial charge in [0.25, 0.3) is 0 Å². The predicted octanol–water partition coefficient (Wildman–Crippen LogP) is 4.60. The van der Waals surface area contributed by atoms with Gasteiger partial charge in [0.1, 0.15) is 5.60 Å². The van der Waals surface area contributed by atoms with Gasteiger partial charge in [-0.25, -0.2) is 4.79 Å². The van der Waals surface area contributed by atoms with Crippen LogP contribution >= 0.6 is 0 Å². The van der Waals surface area contributed by atoms with Crippen LogP contribution in [0.25, 0.3) is 0 Å². The third kappa shape index (κ3) is 5.62. The first kappa shape index (κ1) is 16.8. The van der Waals surface area contributed by atoms with Crippen molar-refractivity contribution in [2.75, 3.05) is 10.6 Å². The van der Waals surface area contributed by atoms with Crippen molar-refractivity contribution in [3.8, 4) is 0 Å². The van der Waals surface area contributed by atoms with Gasteiger partial charge in [-0.05, 0) is 64.1 Å². The van der Waals surface area contributed by atoms with E-state index in [0.29, 0.717) is 5.69 Å². The number of aromatic nitrogens is 1. The first-order valence-corrected chi connectivity index (χ1v) is 7.61. The number of carbonyl (C=O) groups excluding carboxylic acids is 1. The molecule has 5 heteroatoms. The monoisotopic (exact) mass is 313 g/mol. The molecule has 2 N–H and O–H groups in total. The highest BCUT2D eigenvalue weighted by Crippen LogP contribution is 2.20. The number of rotatable bonds is 4. The number of benzene rings is 1. The minimum atomic E-state index is -0.510. The first-order chi connectivity index (χ1) is 10.8. The lowest BCUT2D eigenvalue weighted by atomic mass is 10.2. The molecule has 5 nitrogen and oxygen atoms in total. The van der Waals surface area contributed by atoms with Crippen LogP contribution < -0.4 is 10.6 Å². The Kier molecular flexibility index (Phi) is 5.21. The van der Waals surface area contributed by atoms with Crippen LogP contribution in [0.2, 0.25) is 0 Å². The number of hydrogen-bond donors (Lipinski definition) is 2. The molecule has 0 spiro atoms. The highest BCUT2D eigenvalue weighted by Gasteiger charge is 2.16. The second kappa shape index (κ2) is 7.13. The van der Waals surface area contributed by atoms with Gasteiger partial charge < -0.3 is 10.1 Å². The summed E-state index contributed by atoms with van der Waals surface area (Å²) >= 11 is 0. The zero-order chi connectivity index (χ0) is 16.9. The van der Waals surface area contributed by atoms with Crippen molar-refractivity contribution in [2.45, 2.75) is 39.3 Å². The second-order valence-electron chi connectivity index (χ2n) is 6.32. The largest absolute Gasteiger partial charge is 0.444 e. The Balaban J connectivity index is 1.93. The van der Waals surface area contributed by atoms with E-state index in [9.17, 15) is 4.79 Å². The van der Waals surface area contributed by atoms with E-state index in [1.807, 2.05) is 63.2 Å². The van der Waals surface area contributed by atoms with Gasteiger partial charge in [0.2, 0.25) is 0 Å². The maximum atomic E-state index is 11.7. The average Bonchev–Trinajstić information content (AvgIpc) is 2.48. The predicted molar refractivity (Wildman–Crippen MR) is 92.6 cm³/mol. The molecule has 2 rings (SSSR count). The zero-order valence-electron chi connectivity index (χ0n) is 14.0. The third-order valence-electron chi connectivity index (χ3n) is 3.04. The van der Waals surface area contributed by atoms with Crippen LogP contribution in [-0.2, 0) is 4.74 Å². The molecule has 122 valence electrons. The standard InChI is InChI=1S/C18H23N3O2/c1-13(16-7-5-6-12-19-16)20-14-8-10-15(11-9-14)21-17(22)23-18(2,3)4/h5-13,20H,1-4H3,(H,21,22). The summed E-state index contributed by atoms with van der Waals surface area (Å²) in [6.07, 6.45) is 1.32. The first-order valence-electron chi connectivity index (χ1n) is 7.61. The molecule has 1 atom stereocenters. The molecule has 0 saturated heterocycles. The van der Waals surface area contributed by atoms with Gasteiger partial charge in [-0.1, -0.05) is 6.07 Å². The minimum absolute atomic E-state index is 0.0980. The lowest BCUT2D eigenvalue weighted by molar-refractivity contribution is 0.0636. The third-order valence-corrected chi connectivity index (χ3v) is 3.04. The summed E-state index contributed by atoms with van der Waals surface area (Å²) in [6.45, 7) is 7.55. The summed E-state index contributed by atoms with van der Waals surface area (Å²) in [4.78, 5) is 16.0. The van der Waals surface area contributed by atoms with Crippen LogP contribution in [0.15, 0.2) is 48.7 Å². The molecule has 2 aromatic rings. The molecule has 0 saturated carbocycles. The summed E-state index contributed by atoms with van der Waals surface area (Å²) in [5.41, 5.74) is 2.11. The molecule has 0 aliphatic carbocycles. The SMILES string of the molecule is CC(Nc1ccc(NC(=O)OC(C)(C)C)cc1)c1ccccn1. The van der Waals surface area contributed by atoms with Crippen LogP contribution in [0.3, 0.4) is 0 Å². The normalized spacial score (nSPS) is 12.3. The molecule has 1 amide bonds. The fourth-order valence-corrected chi connectivity index (χ4v) is 2.03. The molecule has 1 aromatic heterocycles. The van der Waals surface area contributed by atoms with E-state index < -0.39 is 11.7 Å². The maximum absolute atomic E-state index is 11.7. The number of ether oxygens (including phenoxy) is 1. The van der Waals surface area contributed by atoms with E-state index in [-0.39, 0.29) is 6.04 Å². The number of hydrogen-bond acceptors (Lipinski definition) is 4. The van der Waals surface area contributed by atoms with Crippen molar-refractivity contribution in [1.82, 2.24) is 4.98 Å². The van der Waals surface area contributed by atoms with Gasteiger partial charge in [-0.3, -0.25) is 10.3 Å². The van der Waals surface area contributed by atoms with E-state index in [2.05, 4.69) is 22.5 Å².